The first-order valence-electron chi connectivity index (χ1n) is 4.41. The number of β-amino-alcohol motifs (C(OH)–C–C–N with tert-alkyl or cyclic N) is 1. The Morgan fingerprint density at radius 2 is 2.14 bits per heavy atom. The van der Waals surface area contributed by atoms with Gasteiger partial charge in [-0.3, -0.25) is 4.79 Å². The highest BCUT2D eigenvalue weighted by Gasteiger charge is 2.34. The first-order chi connectivity index (χ1) is 6.38. The molecule has 0 unspecified atom stereocenters. The van der Waals surface area contributed by atoms with Crippen molar-refractivity contribution in [3.63, 3.8) is 0 Å². The second kappa shape index (κ2) is 4.16. The molecule has 1 aliphatic rings. The van der Waals surface area contributed by atoms with E-state index >= 15 is 0 Å². The van der Waals surface area contributed by atoms with Gasteiger partial charge in [0.25, 0.3) is 0 Å². The molecule has 1 aliphatic heterocycles. The molecular formula is C8H12F3NO2. The number of rotatable bonds is 1. The normalized spacial score (nSPS) is 23.7. The number of carbonyl (C=O) groups excluding carboxylic acids is 1. The average Bonchev–Trinajstić information content (AvgIpc) is 2.01. The predicted molar refractivity (Wildman–Crippen MR) is 42.5 cm³/mol. The number of nitrogens with zero attached hydrogens (tertiary/aromatic N) is 1. The van der Waals surface area contributed by atoms with Crippen LogP contribution >= 0.6 is 0 Å². The number of piperidine rings is 1. The van der Waals surface area contributed by atoms with Gasteiger partial charge < -0.3 is 10.0 Å². The maximum Gasteiger partial charge on any atom is 0.397 e. The van der Waals surface area contributed by atoms with Crippen LogP contribution in [-0.2, 0) is 4.79 Å². The zero-order valence-corrected chi connectivity index (χ0v) is 7.55. The fraction of sp³-hybridized carbons (Fsp3) is 0.875. The molecule has 0 radical (unpaired) electrons. The zero-order valence-electron chi connectivity index (χ0n) is 7.55. The standard InChI is InChI=1S/C8H12F3NO2/c9-8(10,11)4-7(14)12-3-1-2-6(13)5-12/h6,13H,1-5H2/t6-/m0/s1. The highest BCUT2D eigenvalue weighted by molar-refractivity contribution is 5.76. The van der Waals surface area contributed by atoms with E-state index in [1.807, 2.05) is 0 Å². The van der Waals surface area contributed by atoms with Crippen LogP contribution in [0, 0.1) is 0 Å². The van der Waals surface area contributed by atoms with Crippen molar-refractivity contribution in [1.82, 2.24) is 4.90 Å². The van der Waals surface area contributed by atoms with E-state index in [4.69, 9.17) is 5.11 Å². The summed E-state index contributed by atoms with van der Waals surface area (Å²) in [6.07, 6.45) is -5.46. The molecule has 14 heavy (non-hydrogen) atoms. The first kappa shape index (κ1) is 11.3. The van der Waals surface area contributed by atoms with E-state index in [2.05, 4.69) is 0 Å². The lowest BCUT2D eigenvalue weighted by molar-refractivity contribution is -0.163. The Labute approximate surface area is 79.5 Å². The number of halogens is 3. The van der Waals surface area contributed by atoms with E-state index < -0.39 is 24.6 Å². The summed E-state index contributed by atoms with van der Waals surface area (Å²) in [6.45, 7) is 0.334. The fourth-order valence-electron chi connectivity index (χ4n) is 1.46. The molecule has 0 bridgehead atoms. The number of likely N-dealkylation sites (tertiary alicyclic amines) is 1. The van der Waals surface area contributed by atoms with Crippen LogP contribution in [0.25, 0.3) is 0 Å². The van der Waals surface area contributed by atoms with E-state index in [1.165, 1.54) is 0 Å². The number of carbonyl (C=O) groups is 1. The molecule has 1 rings (SSSR count). The molecule has 0 aromatic rings. The van der Waals surface area contributed by atoms with Gasteiger partial charge in [0.2, 0.25) is 5.91 Å². The Morgan fingerprint density at radius 3 is 2.64 bits per heavy atom. The monoisotopic (exact) mass is 211 g/mol. The van der Waals surface area contributed by atoms with Gasteiger partial charge in [-0.1, -0.05) is 0 Å². The van der Waals surface area contributed by atoms with Gasteiger partial charge in [-0.05, 0) is 12.8 Å². The van der Waals surface area contributed by atoms with Gasteiger partial charge in [0, 0.05) is 13.1 Å². The van der Waals surface area contributed by atoms with E-state index in [-0.39, 0.29) is 6.54 Å². The minimum atomic E-state index is -4.46. The second-order valence-electron chi connectivity index (χ2n) is 3.43. The topological polar surface area (TPSA) is 40.5 Å². The molecule has 82 valence electrons. The lowest BCUT2D eigenvalue weighted by Gasteiger charge is -2.30. The number of hydrogen-bond acceptors (Lipinski definition) is 2. The van der Waals surface area contributed by atoms with E-state index in [0.29, 0.717) is 19.4 Å². The summed E-state index contributed by atoms with van der Waals surface area (Å²) in [4.78, 5) is 12.1. The van der Waals surface area contributed by atoms with Crippen molar-refractivity contribution in [2.75, 3.05) is 13.1 Å². The van der Waals surface area contributed by atoms with Crippen molar-refractivity contribution in [3.05, 3.63) is 0 Å². The lowest BCUT2D eigenvalue weighted by Crippen LogP contribution is -2.43. The van der Waals surface area contributed by atoms with Crippen LogP contribution in [0.4, 0.5) is 13.2 Å². The quantitative estimate of drug-likeness (QED) is 0.700. The van der Waals surface area contributed by atoms with Crippen molar-refractivity contribution >= 4 is 5.91 Å². The third-order valence-corrected chi connectivity index (χ3v) is 2.10. The van der Waals surface area contributed by atoms with E-state index in [9.17, 15) is 18.0 Å². The Balaban J connectivity index is 2.44. The molecule has 6 heteroatoms. The van der Waals surface area contributed by atoms with Crippen LogP contribution in [0.3, 0.4) is 0 Å². The molecule has 1 atom stereocenters. The Hall–Kier alpha value is -0.780. The van der Waals surface area contributed by atoms with Crippen molar-refractivity contribution in [3.8, 4) is 0 Å². The highest BCUT2D eigenvalue weighted by atomic mass is 19.4. The molecular weight excluding hydrogens is 199 g/mol. The molecule has 1 fully saturated rings. The van der Waals surface area contributed by atoms with Gasteiger partial charge in [0.1, 0.15) is 6.42 Å². The number of aliphatic hydroxyl groups excluding tert-OH is 1. The summed E-state index contributed by atoms with van der Waals surface area (Å²) < 4.78 is 35.5. The number of amides is 1. The Morgan fingerprint density at radius 1 is 1.50 bits per heavy atom. The first-order valence-corrected chi connectivity index (χ1v) is 4.41. The third kappa shape index (κ3) is 3.53. The van der Waals surface area contributed by atoms with Gasteiger partial charge in [-0.2, -0.15) is 13.2 Å². The van der Waals surface area contributed by atoms with Crippen molar-refractivity contribution < 1.29 is 23.1 Å². The molecule has 0 aromatic heterocycles. The van der Waals surface area contributed by atoms with Gasteiger partial charge >= 0.3 is 6.18 Å². The summed E-state index contributed by atoms with van der Waals surface area (Å²) in [6, 6.07) is 0. The molecule has 3 nitrogen and oxygen atoms in total. The summed E-state index contributed by atoms with van der Waals surface area (Å²) in [5, 5.41) is 9.15. The number of hydrogen-bond donors (Lipinski definition) is 1. The molecule has 0 spiro atoms. The summed E-state index contributed by atoms with van der Waals surface area (Å²) >= 11 is 0. The molecule has 0 aromatic carbocycles. The van der Waals surface area contributed by atoms with Gasteiger partial charge in [0.05, 0.1) is 6.10 Å². The fourth-order valence-corrected chi connectivity index (χ4v) is 1.46. The number of aliphatic hydroxyl groups is 1. The van der Waals surface area contributed by atoms with E-state index in [1.54, 1.807) is 0 Å². The molecule has 0 saturated carbocycles. The van der Waals surface area contributed by atoms with Crippen LogP contribution < -0.4 is 0 Å². The molecule has 1 heterocycles. The minimum absolute atomic E-state index is 0.0227. The maximum atomic E-state index is 11.8. The third-order valence-electron chi connectivity index (χ3n) is 2.10. The smallest absolute Gasteiger partial charge is 0.391 e. The molecule has 1 N–H and O–H groups in total. The van der Waals surface area contributed by atoms with Crippen LogP contribution in [0.2, 0.25) is 0 Å². The van der Waals surface area contributed by atoms with Crippen molar-refractivity contribution in [2.24, 2.45) is 0 Å². The SMILES string of the molecule is O=C(CC(F)(F)F)N1CCC[C@H](O)C1. The second-order valence-corrected chi connectivity index (χ2v) is 3.43. The van der Waals surface area contributed by atoms with Gasteiger partial charge in [-0.15, -0.1) is 0 Å². The minimum Gasteiger partial charge on any atom is -0.391 e. The lowest BCUT2D eigenvalue weighted by atomic mass is 10.1. The molecule has 1 saturated heterocycles. The maximum absolute atomic E-state index is 11.8. The van der Waals surface area contributed by atoms with Crippen LogP contribution in [0.5, 0.6) is 0 Å². The van der Waals surface area contributed by atoms with Crippen LogP contribution in [-0.4, -0.2) is 41.3 Å². The molecule has 0 aliphatic carbocycles. The Bertz CT molecular complexity index is 217. The van der Waals surface area contributed by atoms with Crippen LogP contribution in [0.15, 0.2) is 0 Å². The van der Waals surface area contributed by atoms with Crippen molar-refractivity contribution in [2.45, 2.75) is 31.5 Å². The summed E-state index contributed by atoms with van der Waals surface area (Å²) in [5.74, 6) is -0.948. The van der Waals surface area contributed by atoms with Crippen LogP contribution in [0.1, 0.15) is 19.3 Å². The zero-order chi connectivity index (χ0) is 10.8. The highest BCUT2D eigenvalue weighted by Crippen LogP contribution is 2.22. The summed E-state index contributed by atoms with van der Waals surface area (Å²) in [7, 11) is 0. The van der Waals surface area contributed by atoms with Gasteiger partial charge in [-0.25, -0.2) is 0 Å². The average molecular weight is 211 g/mol. The predicted octanol–water partition coefficient (Wildman–Crippen LogP) is 0.922. The largest absolute Gasteiger partial charge is 0.397 e. The molecule has 1 amide bonds. The summed E-state index contributed by atoms with van der Waals surface area (Å²) in [5.41, 5.74) is 0. The van der Waals surface area contributed by atoms with Gasteiger partial charge in [0.15, 0.2) is 0 Å². The van der Waals surface area contributed by atoms with Crippen molar-refractivity contribution in [1.29, 1.82) is 0 Å². The number of alkyl halides is 3. The Kier molecular flexibility index (Phi) is 3.36. The van der Waals surface area contributed by atoms with E-state index in [0.717, 1.165) is 4.90 Å².